The van der Waals surface area contributed by atoms with Gasteiger partial charge in [0.2, 0.25) is 15.9 Å². The van der Waals surface area contributed by atoms with Gasteiger partial charge in [0.1, 0.15) is 23.2 Å². The maximum absolute atomic E-state index is 13.7. The van der Waals surface area contributed by atoms with Crippen LogP contribution in [0.4, 0.5) is 0 Å². The first-order chi connectivity index (χ1) is 19.1. The van der Waals surface area contributed by atoms with Gasteiger partial charge < -0.3 is 24.2 Å². The van der Waals surface area contributed by atoms with Crippen LogP contribution < -0.4 is 14.2 Å². The summed E-state index contributed by atoms with van der Waals surface area (Å²) in [5, 5.41) is 9.92. The number of likely N-dealkylation sites (N-methyl/N-ethyl adjacent to an activating group) is 1. The van der Waals surface area contributed by atoms with E-state index in [4.69, 9.17) is 14.2 Å². The predicted molar refractivity (Wildman–Crippen MR) is 150 cm³/mol. The van der Waals surface area contributed by atoms with Crippen LogP contribution in [0.25, 0.3) is 11.1 Å². The number of amides is 1. The number of rotatable bonds is 9. The van der Waals surface area contributed by atoms with Gasteiger partial charge in [-0.2, -0.15) is 4.31 Å². The van der Waals surface area contributed by atoms with E-state index in [1.807, 2.05) is 31.2 Å². The Hall–Kier alpha value is -3.67. The number of carbonyl (C=O) groups excluding carboxylic acids is 1. The number of aliphatic hydroxyl groups is 1. The minimum absolute atomic E-state index is 0.0203. The van der Waals surface area contributed by atoms with E-state index in [1.165, 1.54) is 30.6 Å². The lowest BCUT2D eigenvalue weighted by Crippen LogP contribution is -2.50. The molecule has 1 aliphatic heterocycles. The SMILES string of the molecule is COc1ccc(-c2cnc3c(c2)C(=O)N([C@@H](C)CO)C[C@H](C)[C@H](CN(C)S(=O)(=O)c2ccc(OC)cc2)O3)cc1. The summed E-state index contributed by atoms with van der Waals surface area (Å²) in [7, 11) is 0.766. The van der Waals surface area contributed by atoms with Crippen LogP contribution >= 0.6 is 0 Å². The highest BCUT2D eigenvalue weighted by Crippen LogP contribution is 2.31. The molecule has 214 valence electrons. The zero-order chi connectivity index (χ0) is 29.0. The van der Waals surface area contributed by atoms with Crippen LogP contribution in [0.2, 0.25) is 0 Å². The van der Waals surface area contributed by atoms with E-state index in [0.717, 1.165) is 5.56 Å². The van der Waals surface area contributed by atoms with Gasteiger partial charge in [-0.05, 0) is 55.0 Å². The van der Waals surface area contributed by atoms with Crippen molar-refractivity contribution in [2.24, 2.45) is 5.92 Å². The summed E-state index contributed by atoms with van der Waals surface area (Å²) < 4.78 is 44.6. The summed E-state index contributed by atoms with van der Waals surface area (Å²) in [6, 6.07) is 14.8. The second-order valence-electron chi connectivity index (χ2n) is 9.89. The minimum Gasteiger partial charge on any atom is -0.497 e. The zero-order valence-corrected chi connectivity index (χ0v) is 24.1. The third-order valence-corrected chi connectivity index (χ3v) is 8.99. The number of methoxy groups -OCH3 is 2. The first-order valence-corrected chi connectivity index (χ1v) is 14.4. The first-order valence-electron chi connectivity index (χ1n) is 12.9. The molecule has 0 saturated heterocycles. The van der Waals surface area contributed by atoms with E-state index in [9.17, 15) is 18.3 Å². The summed E-state index contributed by atoms with van der Waals surface area (Å²) in [6.45, 7) is 3.71. The number of carbonyl (C=O) groups is 1. The van der Waals surface area contributed by atoms with Gasteiger partial charge >= 0.3 is 0 Å². The van der Waals surface area contributed by atoms with Gasteiger partial charge in [-0.25, -0.2) is 13.4 Å². The number of hydrogen-bond donors (Lipinski definition) is 1. The maximum Gasteiger partial charge on any atom is 0.259 e. The van der Waals surface area contributed by atoms with Crippen LogP contribution in [0.1, 0.15) is 24.2 Å². The van der Waals surface area contributed by atoms with Crippen LogP contribution in [0.3, 0.4) is 0 Å². The fourth-order valence-corrected chi connectivity index (χ4v) is 5.72. The third kappa shape index (κ3) is 6.06. The van der Waals surface area contributed by atoms with Crippen LogP contribution in [-0.2, 0) is 10.0 Å². The Morgan fingerprint density at radius 3 is 2.25 bits per heavy atom. The fourth-order valence-electron chi connectivity index (χ4n) is 4.54. The average Bonchev–Trinajstić information content (AvgIpc) is 2.98. The van der Waals surface area contributed by atoms with E-state index in [2.05, 4.69) is 4.98 Å². The Morgan fingerprint density at radius 1 is 1.07 bits per heavy atom. The van der Waals surface area contributed by atoms with Crippen molar-refractivity contribution in [1.82, 2.24) is 14.2 Å². The lowest BCUT2D eigenvalue weighted by Gasteiger charge is -2.37. The van der Waals surface area contributed by atoms with Gasteiger partial charge in [0, 0.05) is 31.3 Å². The van der Waals surface area contributed by atoms with E-state index in [-0.39, 0.29) is 47.9 Å². The predicted octanol–water partition coefficient (Wildman–Crippen LogP) is 3.31. The monoisotopic (exact) mass is 569 g/mol. The molecule has 1 aromatic heterocycles. The maximum atomic E-state index is 13.7. The molecule has 0 fully saturated rings. The lowest BCUT2D eigenvalue weighted by atomic mass is 9.99. The Balaban J connectivity index is 1.68. The Bertz CT molecular complexity index is 1430. The highest BCUT2D eigenvalue weighted by molar-refractivity contribution is 7.89. The molecular formula is C29H35N3O7S. The van der Waals surface area contributed by atoms with Crippen LogP contribution in [0, 0.1) is 5.92 Å². The van der Waals surface area contributed by atoms with Crippen molar-refractivity contribution in [1.29, 1.82) is 0 Å². The molecule has 3 atom stereocenters. The smallest absolute Gasteiger partial charge is 0.259 e. The van der Waals surface area contributed by atoms with Gasteiger partial charge in [-0.15, -0.1) is 0 Å². The number of hydrogen-bond acceptors (Lipinski definition) is 8. The largest absolute Gasteiger partial charge is 0.497 e. The zero-order valence-electron chi connectivity index (χ0n) is 23.3. The van der Waals surface area contributed by atoms with Crippen LogP contribution in [0.5, 0.6) is 17.4 Å². The number of aliphatic hydroxyl groups excluding tert-OH is 1. The molecule has 1 aliphatic rings. The number of benzene rings is 2. The number of nitrogens with zero attached hydrogens (tertiary/aromatic N) is 3. The molecule has 40 heavy (non-hydrogen) atoms. The summed E-state index contributed by atoms with van der Waals surface area (Å²) >= 11 is 0. The van der Waals surface area contributed by atoms with Gasteiger partial charge in [-0.3, -0.25) is 4.79 Å². The molecule has 0 aliphatic carbocycles. The molecule has 2 aromatic carbocycles. The Labute approximate surface area is 235 Å². The molecule has 1 N–H and O–H groups in total. The summed E-state index contributed by atoms with van der Waals surface area (Å²) in [5.41, 5.74) is 1.79. The van der Waals surface area contributed by atoms with Crippen LogP contribution in [-0.4, -0.2) is 86.7 Å². The molecular weight excluding hydrogens is 534 g/mol. The van der Waals surface area contributed by atoms with E-state index >= 15 is 0 Å². The van der Waals surface area contributed by atoms with E-state index in [1.54, 1.807) is 43.3 Å². The van der Waals surface area contributed by atoms with E-state index in [0.29, 0.717) is 17.1 Å². The molecule has 4 rings (SSSR count). The van der Waals surface area contributed by atoms with Gasteiger partial charge in [0.25, 0.3) is 5.91 Å². The molecule has 1 amide bonds. The molecule has 0 bridgehead atoms. The number of pyridine rings is 1. The normalized spacial score (nSPS) is 18.4. The number of ether oxygens (including phenoxy) is 3. The number of sulfonamides is 1. The van der Waals surface area contributed by atoms with Crippen molar-refractivity contribution in [2.45, 2.75) is 30.9 Å². The molecule has 11 heteroatoms. The third-order valence-electron chi connectivity index (χ3n) is 7.15. The summed E-state index contributed by atoms with van der Waals surface area (Å²) in [5.74, 6) is 0.782. The number of aromatic nitrogens is 1. The van der Waals surface area contributed by atoms with Crippen molar-refractivity contribution in [2.75, 3.05) is 41.0 Å². The van der Waals surface area contributed by atoms with E-state index < -0.39 is 22.2 Å². The summed E-state index contributed by atoms with van der Waals surface area (Å²) in [6.07, 6.45) is 0.993. The topological polar surface area (TPSA) is 118 Å². The summed E-state index contributed by atoms with van der Waals surface area (Å²) in [4.78, 5) is 19.9. The van der Waals surface area contributed by atoms with Gasteiger partial charge in [-0.1, -0.05) is 19.1 Å². The van der Waals surface area contributed by atoms with Gasteiger partial charge in [0.15, 0.2) is 0 Å². The Morgan fingerprint density at radius 2 is 1.68 bits per heavy atom. The van der Waals surface area contributed by atoms with Gasteiger partial charge in [0.05, 0.1) is 38.3 Å². The molecule has 3 aromatic rings. The highest BCUT2D eigenvalue weighted by Gasteiger charge is 2.36. The second-order valence-corrected chi connectivity index (χ2v) is 11.9. The van der Waals surface area contributed by atoms with Crippen molar-refractivity contribution in [3.8, 4) is 28.5 Å². The first kappa shape index (κ1) is 29.3. The quantitative estimate of drug-likeness (QED) is 0.417. The molecule has 10 nitrogen and oxygen atoms in total. The molecule has 0 spiro atoms. The van der Waals surface area contributed by atoms with Crippen molar-refractivity contribution in [3.63, 3.8) is 0 Å². The second kappa shape index (κ2) is 12.2. The van der Waals surface area contributed by atoms with Crippen LogP contribution in [0.15, 0.2) is 65.7 Å². The van der Waals surface area contributed by atoms with Crippen molar-refractivity contribution in [3.05, 3.63) is 66.4 Å². The fraction of sp³-hybridized carbons (Fsp3) is 0.379. The Kier molecular flexibility index (Phi) is 8.97. The minimum atomic E-state index is -3.83. The van der Waals surface area contributed by atoms with Crippen molar-refractivity contribution < 1.29 is 32.5 Å². The number of fused-ring (bicyclic) bond motifs is 1. The highest BCUT2D eigenvalue weighted by atomic mass is 32.2. The molecule has 2 heterocycles. The van der Waals surface area contributed by atoms with Crippen molar-refractivity contribution >= 4 is 15.9 Å². The molecule has 0 saturated carbocycles. The average molecular weight is 570 g/mol. The standard InChI is InChI=1S/C29H35N3O7S/c1-19-16-32(20(2)18-33)29(34)26-14-22(21-6-8-23(37-4)9-7-21)15-30-28(26)39-27(19)17-31(3)40(35,36)25-12-10-24(38-5)11-13-25/h6-15,19-20,27,33H,16-18H2,1-5H3/t19-,20-,27-/m0/s1. The lowest BCUT2D eigenvalue weighted by molar-refractivity contribution is 0.0373. The molecule has 0 radical (unpaired) electrons. The molecule has 0 unspecified atom stereocenters.